The molecular formula is C29H27Cl2NO6. The SMILES string of the molecule is CCCN1C(=O)C(=O)/C(=C(/O)c2cc(Cl)c(OC)c(Cl)c2)C1c1ccc(OC)c(OCc2ccccc2)c1. The summed E-state index contributed by atoms with van der Waals surface area (Å²) < 4.78 is 16.7. The summed E-state index contributed by atoms with van der Waals surface area (Å²) in [4.78, 5) is 27.8. The molecule has 1 unspecified atom stereocenters. The summed E-state index contributed by atoms with van der Waals surface area (Å²) in [5, 5.41) is 11.6. The van der Waals surface area contributed by atoms with E-state index in [4.69, 9.17) is 37.4 Å². The smallest absolute Gasteiger partial charge is 0.295 e. The molecule has 0 saturated carbocycles. The van der Waals surface area contributed by atoms with Gasteiger partial charge < -0.3 is 24.2 Å². The Bertz CT molecular complexity index is 1370. The van der Waals surface area contributed by atoms with Crippen LogP contribution in [0.15, 0.2) is 66.2 Å². The number of nitrogens with zero attached hydrogens (tertiary/aromatic N) is 1. The molecule has 1 fully saturated rings. The molecule has 3 aromatic carbocycles. The third-order valence-corrected chi connectivity index (χ3v) is 6.78. The number of aliphatic hydroxyl groups excluding tert-OH is 1. The Hall–Kier alpha value is -3.68. The molecule has 0 aromatic heterocycles. The van der Waals surface area contributed by atoms with Gasteiger partial charge in [0.05, 0.1) is 35.9 Å². The number of ketones is 1. The van der Waals surface area contributed by atoms with Gasteiger partial charge in [0.25, 0.3) is 11.7 Å². The molecule has 198 valence electrons. The largest absolute Gasteiger partial charge is 0.507 e. The predicted octanol–water partition coefficient (Wildman–Crippen LogP) is 6.42. The number of hydrogen-bond acceptors (Lipinski definition) is 6. The first-order chi connectivity index (χ1) is 18.3. The third-order valence-electron chi connectivity index (χ3n) is 6.22. The molecule has 7 nitrogen and oxygen atoms in total. The molecule has 0 aliphatic carbocycles. The molecule has 1 heterocycles. The zero-order valence-corrected chi connectivity index (χ0v) is 22.7. The lowest BCUT2D eigenvalue weighted by Gasteiger charge is -2.25. The van der Waals surface area contributed by atoms with Gasteiger partial charge in [-0.25, -0.2) is 0 Å². The van der Waals surface area contributed by atoms with Crippen molar-refractivity contribution >= 4 is 40.7 Å². The van der Waals surface area contributed by atoms with Crippen molar-refractivity contribution in [1.29, 1.82) is 0 Å². The lowest BCUT2D eigenvalue weighted by Crippen LogP contribution is -2.30. The molecule has 4 rings (SSSR count). The number of ether oxygens (including phenoxy) is 3. The second-order valence-electron chi connectivity index (χ2n) is 8.65. The van der Waals surface area contributed by atoms with Gasteiger partial charge in [0.15, 0.2) is 17.2 Å². The molecule has 1 aliphatic heterocycles. The monoisotopic (exact) mass is 555 g/mol. The number of Topliss-reactive ketones (excluding diaryl/α,β-unsaturated/α-hetero) is 1. The van der Waals surface area contributed by atoms with Gasteiger partial charge in [-0.1, -0.05) is 66.5 Å². The van der Waals surface area contributed by atoms with E-state index in [1.807, 2.05) is 37.3 Å². The first-order valence-electron chi connectivity index (χ1n) is 12.0. The number of carbonyl (C=O) groups excluding carboxylic acids is 2. The summed E-state index contributed by atoms with van der Waals surface area (Å²) in [7, 11) is 2.95. The van der Waals surface area contributed by atoms with Crippen LogP contribution in [0.25, 0.3) is 5.76 Å². The zero-order valence-electron chi connectivity index (χ0n) is 21.2. The second-order valence-corrected chi connectivity index (χ2v) is 9.46. The van der Waals surface area contributed by atoms with E-state index >= 15 is 0 Å². The Labute approximate surface area is 231 Å². The molecule has 1 saturated heterocycles. The van der Waals surface area contributed by atoms with Crippen molar-refractivity contribution in [3.05, 3.63) is 93.0 Å². The van der Waals surface area contributed by atoms with E-state index in [1.165, 1.54) is 31.3 Å². The predicted molar refractivity (Wildman–Crippen MR) is 146 cm³/mol. The van der Waals surface area contributed by atoms with Crippen molar-refractivity contribution in [3.63, 3.8) is 0 Å². The highest BCUT2D eigenvalue weighted by Gasteiger charge is 2.46. The number of carbonyl (C=O) groups is 2. The van der Waals surface area contributed by atoms with Gasteiger partial charge in [0, 0.05) is 12.1 Å². The second kappa shape index (κ2) is 11.8. The van der Waals surface area contributed by atoms with E-state index in [2.05, 4.69) is 0 Å². The lowest BCUT2D eigenvalue weighted by molar-refractivity contribution is -0.139. The van der Waals surface area contributed by atoms with Crippen LogP contribution in [0, 0.1) is 0 Å². The van der Waals surface area contributed by atoms with Crippen molar-refractivity contribution in [2.45, 2.75) is 26.0 Å². The van der Waals surface area contributed by atoms with Gasteiger partial charge in [-0.05, 0) is 41.8 Å². The fourth-order valence-electron chi connectivity index (χ4n) is 4.46. The quantitative estimate of drug-likeness (QED) is 0.186. The number of benzene rings is 3. The molecule has 0 bridgehead atoms. The summed E-state index contributed by atoms with van der Waals surface area (Å²) in [6, 6.07) is 16.8. The topological polar surface area (TPSA) is 85.3 Å². The summed E-state index contributed by atoms with van der Waals surface area (Å²) >= 11 is 12.6. The van der Waals surface area contributed by atoms with Crippen LogP contribution in [0.4, 0.5) is 0 Å². The average molecular weight is 556 g/mol. The van der Waals surface area contributed by atoms with Gasteiger partial charge >= 0.3 is 0 Å². The summed E-state index contributed by atoms with van der Waals surface area (Å²) in [6.07, 6.45) is 0.608. The van der Waals surface area contributed by atoms with Crippen LogP contribution < -0.4 is 14.2 Å². The maximum Gasteiger partial charge on any atom is 0.295 e. The Morgan fingerprint density at radius 1 is 0.947 bits per heavy atom. The van der Waals surface area contributed by atoms with Crippen LogP contribution in [0.1, 0.15) is 36.1 Å². The van der Waals surface area contributed by atoms with Crippen molar-refractivity contribution in [2.75, 3.05) is 20.8 Å². The Balaban J connectivity index is 1.82. The molecule has 38 heavy (non-hydrogen) atoms. The highest BCUT2D eigenvalue weighted by molar-refractivity contribution is 6.46. The number of hydrogen-bond donors (Lipinski definition) is 1. The summed E-state index contributed by atoms with van der Waals surface area (Å²) in [5.74, 6) is -0.722. The standard InChI is InChI=1S/C29H27Cl2NO6/c1-4-12-32-25(18-10-11-22(36-2)23(15-18)38-16-17-8-6-5-7-9-17)24(27(34)29(32)35)26(33)19-13-20(30)28(37-3)21(31)14-19/h5-11,13-15,25,33H,4,12,16H2,1-3H3/b26-24+. The molecule has 9 heteroatoms. The average Bonchev–Trinajstić information content (AvgIpc) is 3.17. The van der Waals surface area contributed by atoms with E-state index in [1.54, 1.807) is 18.2 Å². The van der Waals surface area contributed by atoms with Crippen LogP contribution in [-0.2, 0) is 16.2 Å². The highest BCUT2D eigenvalue weighted by Crippen LogP contribution is 2.43. The first-order valence-corrected chi connectivity index (χ1v) is 12.7. The normalized spacial score (nSPS) is 16.6. The van der Waals surface area contributed by atoms with E-state index in [9.17, 15) is 14.7 Å². The van der Waals surface area contributed by atoms with Crippen LogP contribution in [0.2, 0.25) is 10.0 Å². The highest BCUT2D eigenvalue weighted by atomic mass is 35.5. The fraction of sp³-hybridized carbons (Fsp3) is 0.241. The van der Waals surface area contributed by atoms with Crippen LogP contribution in [0.3, 0.4) is 0 Å². The van der Waals surface area contributed by atoms with E-state index in [0.29, 0.717) is 36.6 Å². The van der Waals surface area contributed by atoms with Gasteiger partial charge in [0.1, 0.15) is 12.4 Å². The van der Waals surface area contributed by atoms with Crippen LogP contribution in [-0.4, -0.2) is 42.5 Å². The molecule has 1 N–H and O–H groups in total. The Morgan fingerprint density at radius 2 is 1.63 bits per heavy atom. The number of aliphatic hydroxyl groups is 1. The Morgan fingerprint density at radius 3 is 2.24 bits per heavy atom. The first kappa shape index (κ1) is 27.4. The minimum atomic E-state index is -0.861. The van der Waals surface area contributed by atoms with Crippen molar-refractivity contribution in [3.8, 4) is 17.2 Å². The number of halogens is 2. The number of likely N-dealkylation sites (tertiary alicyclic amines) is 1. The third kappa shape index (κ3) is 5.30. The molecule has 0 radical (unpaired) electrons. The number of methoxy groups -OCH3 is 2. The van der Waals surface area contributed by atoms with E-state index < -0.39 is 17.7 Å². The minimum Gasteiger partial charge on any atom is -0.507 e. The fourth-order valence-corrected chi connectivity index (χ4v) is 5.10. The van der Waals surface area contributed by atoms with Crippen LogP contribution in [0.5, 0.6) is 17.2 Å². The molecule has 1 amide bonds. The number of rotatable bonds is 9. The summed E-state index contributed by atoms with van der Waals surface area (Å²) in [6.45, 7) is 2.50. The van der Waals surface area contributed by atoms with Gasteiger partial charge in [-0.15, -0.1) is 0 Å². The molecule has 0 spiro atoms. The molecule has 3 aromatic rings. The van der Waals surface area contributed by atoms with E-state index in [0.717, 1.165) is 5.56 Å². The molecule has 1 aliphatic rings. The van der Waals surface area contributed by atoms with Crippen LogP contribution >= 0.6 is 23.2 Å². The van der Waals surface area contributed by atoms with E-state index in [-0.39, 0.29) is 32.7 Å². The van der Waals surface area contributed by atoms with Crippen molar-refractivity contribution in [2.24, 2.45) is 0 Å². The lowest BCUT2D eigenvalue weighted by atomic mass is 9.95. The molecular weight excluding hydrogens is 529 g/mol. The van der Waals surface area contributed by atoms with Gasteiger partial charge in [-0.2, -0.15) is 0 Å². The maximum absolute atomic E-state index is 13.2. The Kier molecular flexibility index (Phi) is 8.49. The summed E-state index contributed by atoms with van der Waals surface area (Å²) in [5.41, 5.74) is 1.66. The van der Waals surface area contributed by atoms with Crippen molar-refractivity contribution < 1.29 is 28.9 Å². The maximum atomic E-state index is 13.2. The zero-order chi connectivity index (χ0) is 27.4. The molecule has 1 atom stereocenters. The number of amides is 1. The van der Waals surface area contributed by atoms with Crippen molar-refractivity contribution in [1.82, 2.24) is 4.90 Å². The van der Waals surface area contributed by atoms with Gasteiger partial charge in [-0.3, -0.25) is 9.59 Å². The minimum absolute atomic E-state index is 0.0695. The van der Waals surface area contributed by atoms with Gasteiger partial charge in [0.2, 0.25) is 0 Å².